The Kier molecular flexibility index (Phi) is 5.88. The van der Waals surface area contributed by atoms with Gasteiger partial charge in [-0.2, -0.15) is 10.2 Å². The van der Waals surface area contributed by atoms with E-state index in [4.69, 9.17) is 19.4 Å². The van der Waals surface area contributed by atoms with Crippen molar-refractivity contribution >= 4 is 33.6 Å². The van der Waals surface area contributed by atoms with Gasteiger partial charge in [-0.3, -0.25) is 19.0 Å². The molecule has 2 N–H and O–H groups in total. The van der Waals surface area contributed by atoms with Crippen molar-refractivity contribution in [1.29, 1.82) is 0 Å². The molecule has 12 heteroatoms. The lowest BCUT2D eigenvalue weighted by molar-refractivity contribution is -0.120. The first-order valence-corrected chi connectivity index (χ1v) is 12.8. The predicted molar refractivity (Wildman–Crippen MR) is 138 cm³/mol. The number of nitrogens with zero attached hydrogens (tertiary/aromatic N) is 6. The van der Waals surface area contributed by atoms with E-state index in [1.165, 1.54) is 0 Å². The van der Waals surface area contributed by atoms with E-state index in [2.05, 4.69) is 20.8 Å². The molecule has 0 aliphatic carbocycles. The summed E-state index contributed by atoms with van der Waals surface area (Å²) in [6.45, 7) is 5.06. The van der Waals surface area contributed by atoms with Crippen LogP contribution in [-0.2, 0) is 23.7 Å². The van der Waals surface area contributed by atoms with Crippen molar-refractivity contribution in [3.05, 3.63) is 24.5 Å². The number of carbonyl (C=O) groups excluding carboxylic acids is 2. The van der Waals surface area contributed by atoms with E-state index in [-0.39, 0.29) is 35.9 Å². The molecule has 12 nitrogen and oxygen atoms in total. The molecule has 2 amide bonds. The Labute approximate surface area is 218 Å². The molecule has 0 bridgehead atoms. The number of amides is 2. The smallest absolute Gasteiger partial charge is 0.225 e. The Bertz CT molecular complexity index is 1440. The van der Waals surface area contributed by atoms with E-state index in [0.29, 0.717) is 49.1 Å². The summed E-state index contributed by atoms with van der Waals surface area (Å²) in [6.07, 6.45) is 4.14. The van der Waals surface area contributed by atoms with Gasteiger partial charge in [0.1, 0.15) is 12.2 Å². The van der Waals surface area contributed by atoms with Crippen molar-refractivity contribution in [1.82, 2.24) is 40.2 Å². The highest BCUT2D eigenvalue weighted by Gasteiger charge is 2.30. The molecule has 1 unspecified atom stereocenters. The Morgan fingerprint density at radius 2 is 1.21 bits per heavy atom. The number of rotatable bonds is 7. The van der Waals surface area contributed by atoms with Crippen molar-refractivity contribution in [2.75, 3.05) is 13.1 Å². The summed E-state index contributed by atoms with van der Waals surface area (Å²) in [7, 11) is 3.70. The maximum atomic E-state index is 11.7. The largest absolute Gasteiger partial charge is 0.474 e. The molecule has 2 saturated heterocycles. The van der Waals surface area contributed by atoms with Crippen LogP contribution in [0.5, 0.6) is 11.8 Å². The fourth-order valence-corrected chi connectivity index (χ4v) is 5.12. The van der Waals surface area contributed by atoms with Gasteiger partial charge in [0.25, 0.3) is 0 Å². The van der Waals surface area contributed by atoms with Crippen LogP contribution in [0.2, 0.25) is 0 Å². The van der Waals surface area contributed by atoms with Gasteiger partial charge in [-0.25, -0.2) is 9.97 Å². The third kappa shape index (κ3) is 4.50. The maximum absolute atomic E-state index is 11.7. The van der Waals surface area contributed by atoms with Crippen LogP contribution in [0, 0.1) is 11.8 Å². The molecule has 2 aliphatic rings. The van der Waals surface area contributed by atoms with E-state index in [1.807, 2.05) is 52.5 Å². The zero-order valence-electron chi connectivity index (χ0n) is 21.8. The van der Waals surface area contributed by atoms with Crippen LogP contribution >= 0.6 is 0 Å². The molecule has 4 aromatic heterocycles. The average Bonchev–Trinajstić information content (AvgIpc) is 3.65. The molecule has 198 valence electrons. The summed E-state index contributed by atoms with van der Waals surface area (Å²) in [5.74, 6) is 1.05. The highest BCUT2D eigenvalue weighted by molar-refractivity contribution is 5.90. The lowest BCUT2D eigenvalue weighted by atomic mass is 10.0. The first-order valence-electron chi connectivity index (χ1n) is 12.8. The van der Waals surface area contributed by atoms with Gasteiger partial charge in [0, 0.05) is 64.3 Å². The lowest BCUT2D eigenvalue weighted by Crippen LogP contribution is -2.26. The minimum absolute atomic E-state index is 0.0334. The number of fused-ring (bicyclic) bond motifs is 2. The number of pyridine rings is 2. The van der Waals surface area contributed by atoms with E-state index >= 15 is 0 Å². The van der Waals surface area contributed by atoms with Crippen molar-refractivity contribution in [2.45, 2.75) is 38.9 Å². The second kappa shape index (κ2) is 9.26. The number of nitrogens with one attached hydrogen (secondary N) is 2. The lowest BCUT2D eigenvalue weighted by Gasteiger charge is -2.20. The monoisotopic (exact) mass is 518 g/mol. The van der Waals surface area contributed by atoms with Gasteiger partial charge in [0.05, 0.1) is 33.2 Å². The Morgan fingerprint density at radius 3 is 1.58 bits per heavy atom. The standard InChI is InChI=1S/C26H30N8O4/c1-13(15-5-23(35)27-9-15)37-25-17-11-33(3)31-19(17)7-21(29-25)22-8-20-18(12-34(4)32-20)26(30-22)38-14(2)16-6-24(36)28-10-16/h7-8,11-16H,5-6,9-10H2,1-4H3,(H,27,35)(H,28,36)/t13-,14-,15+,16?/m1/s1. The van der Waals surface area contributed by atoms with Gasteiger partial charge in [-0.1, -0.05) is 0 Å². The van der Waals surface area contributed by atoms with Gasteiger partial charge in [0.15, 0.2) is 0 Å². The molecule has 2 fully saturated rings. The van der Waals surface area contributed by atoms with Gasteiger partial charge in [-0.15, -0.1) is 0 Å². The van der Waals surface area contributed by atoms with Crippen LogP contribution < -0.4 is 20.1 Å². The van der Waals surface area contributed by atoms with Crippen LogP contribution in [-0.4, -0.2) is 66.6 Å². The van der Waals surface area contributed by atoms with E-state index in [0.717, 1.165) is 21.8 Å². The number of hydrogen-bond acceptors (Lipinski definition) is 8. The number of ether oxygens (including phenoxy) is 2. The molecule has 6 rings (SSSR count). The first kappa shape index (κ1) is 24.1. The highest BCUT2D eigenvalue weighted by atomic mass is 16.5. The summed E-state index contributed by atoms with van der Waals surface area (Å²) in [6, 6.07) is 3.74. The second-order valence-corrected chi connectivity index (χ2v) is 10.3. The normalized spacial score (nSPS) is 21.1. The minimum atomic E-state index is -0.228. The quantitative estimate of drug-likeness (QED) is 0.377. The summed E-state index contributed by atoms with van der Waals surface area (Å²) < 4.78 is 16.1. The van der Waals surface area contributed by atoms with Gasteiger partial charge < -0.3 is 20.1 Å². The SMILES string of the molecule is C[C@@H](Oc1nc(-c2cc3nn(C)cc3c(O[C@H](C)[C@@H]3CNC(=O)C3)n2)cc2nn(C)cc12)C1CNC(=O)C1. The third-order valence-corrected chi connectivity index (χ3v) is 7.37. The summed E-state index contributed by atoms with van der Waals surface area (Å²) >= 11 is 0. The average molecular weight is 519 g/mol. The van der Waals surface area contributed by atoms with Crippen molar-refractivity contribution in [3.63, 3.8) is 0 Å². The molecule has 4 atom stereocenters. The molecule has 38 heavy (non-hydrogen) atoms. The Morgan fingerprint density at radius 1 is 0.789 bits per heavy atom. The summed E-state index contributed by atoms with van der Waals surface area (Å²) in [5.41, 5.74) is 2.58. The molecular weight excluding hydrogens is 488 g/mol. The molecular formula is C26H30N8O4. The molecule has 4 aromatic rings. The Balaban J connectivity index is 1.39. The van der Waals surface area contributed by atoms with Crippen LogP contribution in [0.15, 0.2) is 24.5 Å². The third-order valence-electron chi connectivity index (χ3n) is 7.37. The summed E-state index contributed by atoms with van der Waals surface area (Å²) in [4.78, 5) is 33.2. The zero-order valence-corrected chi connectivity index (χ0v) is 21.8. The highest BCUT2D eigenvalue weighted by Crippen LogP contribution is 2.34. The number of carbonyl (C=O) groups is 2. The van der Waals surface area contributed by atoms with Crippen molar-refractivity contribution < 1.29 is 19.1 Å². The number of hydrogen-bond donors (Lipinski definition) is 2. The minimum Gasteiger partial charge on any atom is -0.474 e. The van der Waals surface area contributed by atoms with Crippen LogP contribution in [0.1, 0.15) is 26.7 Å². The van der Waals surface area contributed by atoms with Crippen LogP contribution in [0.25, 0.3) is 33.2 Å². The van der Waals surface area contributed by atoms with Crippen molar-refractivity contribution in [3.8, 4) is 23.1 Å². The molecule has 0 radical (unpaired) electrons. The molecule has 2 aliphatic heterocycles. The second-order valence-electron chi connectivity index (χ2n) is 10.3. The fraction of sp³-hybridized carbons (Fsp3) is 0.462. The molecule has 0 saturated carbocycles. The van der Waals surface area contributed by atoms with Crippen molar-refractivity contribution in [2.24, 2.45) is 25.9 Å². The van der Waals surface area contributed by atoms with E-state index in [9.17, 15) is 9.59 Å². The number of aryl methyl sites for hydroxylation is 2. The summed E-state index contributed by atoms with van der Waals surface area (Å²) in [5, 5.41) is 16.5. The molecule has 6 heterocycles. The van der Waals surface area contributed by atoms with E-state index < -0.39 is 0 Å². The van der Waals surface area contributed by atoms with Gasteiger partial charge >= 0.3 is 0 Å². The fourth-order valence-electron chi connectivity index (χ4n) is 5.12. The first-order chi connectivity index (χ1) is 18.2. The topological polar surface area (TPSA) is 138 Å². The molecule has 0 spiro atoms. The zero-order chi connectivity index (χ0) is 26.6. The molecule has 0 aromatic carbocycles. The van der Waals surface area contributed by atoms with E-state index in [1.54, 1.807) is 9.36 Å². The van der Waals surface area contributed by atoms with Gasteiger partial charge in [-0.05, 0) is 26.0 Å². The predicted octanol–water partition coefficient (Wildman–Crippen LogP) is 1.72. The maximum Gasteiger partial charge on any atom is 0.225 e. The van der Waals surface area contributed by atoms with Gasteiger partial charge in [0.2, 0.25) is 23.6 Å². The number of aromatic nitrogens is 6. The van der Waals surface area contributed by atoms with Crippen LogP contribution in [0.3, 0.4) is 0 Å². The van der Waals surface area contributed by atoms with Crippen LogP contribution in [0.4, 0.5) is 0 Å². The Hall–Kier alpha value is -4.22.